The summed E-state index contributed by atoms with van der Waals surface area (Å²) in [6, 6.07) is 11.4. The molecule has 9 heteroatoms. The Kier molecular flexibility index (Phi) is 11.5. The SMILES string of the molecule is O=[P+](O)OCCCNCc1ccc(CCCCCC2(c3ccc(F)cc3)CCCCC2)c(C(F)(F)F)c1. The molecule has 1 aliphatic carbocycles. The summed E-state index contributed by atoms with van der Waals surface area (Å²) >= 11 is 0. The van der Waals surface area contributed by atoms with Gasteiger partial charge in [0.05, 0.1) is 5.56 Å². The van der Waals surface area contributed by atoms with Crippen LogP contribution in [0, 0.1) is 5.82 Å². The van der Waals surface area contributed by atoms with Gasteiger partial charge in [-0.1, -0.05) is 56.4 Å². The Morgan fingerprint density at radius 1 is 0.973 bits per heavy atom. The van der Waals surface area contributed by atoms with E-state index in [4.69, 9.17) is 4.89 Å². The summed E-state index contributed by atoms with van der Waals surface area (Å²) in [5.41, 5.74) is 1.53. The number of hydrogen-bond donors (Lipinski definition) is 2. The van der Waals surface area contributed by atoms with Crippen molar-refractivity contribution in [2.45, 2.75) is 88.8 Å². The lowest BCUT2D eigenvalue weighted by Crippen LogP contribution is -2.29. The first-order valence-electron chi connectivity index (χ1n) is 13.1. The quantitative estimate of drug-likeness (QED) is 0.144. The van der Waals surface area contributed by atoms with E-state index in [1.54, 1.807) is 12.1 Å². The second kappa shape index (κ2) is 14.3. The first kappa shape index (κ1) is 29.7. The summed E-state index contributed by atoms with van der Waals surface area (Å²) in [4.78, 5) is 8.59. The van der Waals surface area contributed by atoms with Gasteiger partial charge in [0.2, 0.25) is 0 Å². The number of nitrogens with one attached hydrogen (secondary N) is 1. The maximum Gasteiger partial charge on any atom is 0.694 e. The van der Waals surface area contributed by atoms with Crippen molar-refractivity contribution < 1.29 is 31.5 Å². The number of rotatable bonds is 14. The van der Waals surface area contributed by atoms with Crippen LogP contribution < -0.4 is 5.32 Å². The molecule has 1 unspecified atom stereocenters. The van der Waals surface area contributed by atoms with Crippen molar-refractivity contribution >= 4 is 8.25 Å². The molecule has 3 rings (SSSR count). The maximum atomic E-state index is 13.8. The van der Waals surface area contributed by atoms with Gasteiger partial charge in [-0.25, -0.2) is 4.39 Å². The van der Waals surface area contributed by atoms with Gasteiger partial charge in [0.25, 0.3) is 0 Å². The molecule has 0 aliphatic heterocycles. The van der Waals surface area contributed by atoms with Crippen molar-refractivity contribution in [3.05, 3.63) is 70.5 Å². The van der Waals surface area contributed by atoms with Crippen LogP contribution in [0.2, 0.25) is 0 Å². The first-order valence-corrected chi connectivity index (χ1v) is 14.3. The molecule has 0 bridgehead atoms. The van der Waals surface area contributed by atoms with Crippen LogP contribution in [-0.4, -0.2) is 18.0 Å². The van der Waals surface area contributed by atoms with Crippen LogP contribution in [0.3, 0.4) is 0 Å². The Morgan fingerprint density at radius 2 is 1.70 bits per heavy atom. The topological polar surface area (TPSA) is 58.6 Å². The van der Waals surface area contributed by atoms with E-state index in [9.17, 15) is 22.1 Å². The van der Waals surface area contributed by atoms with Crippen molar-refractivity contribution in [3.63, 3.8) is 0 Å². The van der Waals surface area contributed by atoms with E-state index in [0.29, 0.717) is 36.9 Å². The first-order chi connectivity index (χ1) is 17.7. The smallest absolute Gasteiger partial charge is 0.313 e. The van der Waals surface area contributed by atoms with Crippen LogP contribution in [0.4, 0.5) is 17.6 Å². The van der Waals surface area contributed by atoms with Crippen LogP contribution in [0.15, 0.2) is 42.5 Å². The van der Waals surface area contributed by atoms with Crippen molar-refractivity contribution in [2.24, 2.45) is 0 Å². The van der Waals surface area contributed by atoms with Gasteiger partial charge in [-0.3, -0.25) is 0 Å². The van der Waals surface area contributed by atoms with Crippen molar-refractivity contribution in [3.8, 4) is 0 Å². The molecular formula is C28H37F4NO3P+. The van der Waals surface area contributed by atoms with Gasteiger partial charge in [0.15, 0.2) is 0 Å². The largest absolute Gasteiger partial charge is 0.694 e. The Hall–Kier alpha value is -1.86. The zero-order valence-electron chi connectivity index (χ0n) is 21.2. The molecule has 0 radical (unpaired) electrons. The summed E-state index contributed by atoms with van der Waals surface area (Å²) in [7, 11) is -2.63. The highest BCUT2D eigenvalue weighted by Gasteiger charge is 2.34. The Morgan fingerprint density at radius 3 is 2.38 bits per heavy atom. The third kappa shape index (κ3) is 9.43. The lowest BCUT2D eigenvalue weighted by Gasteiger charge is -2.38. The normalized spacial score (nSPS) is 16.1. The summed E-state index contributed by atoms with van der Waals surface area (Å²) in [5, 5.41) is 3.04. The molecule has 1 fully saturated rings. The highest BCUT2D eigenvalue weighted by atomic mass is 31.1. The molecule has 37 heavy (non-hydrogen) atoms. The number of unbranched alkanes of at least 4 members (excludes halogenated alkanes) is 2. The van der Waals surface area contributed by atoms with Crippen LogP contribution in [0.5, 0.6) is 0 Å². The average Bonchev–Trinajstić information content (AvgIpc) is 2.86. The molecule has 1 aliphatic rings. The second-order valence-corrected chi connectivity index (χ2v) is 10.7. The van der Waals surface area contributed by atoms with Crippen LogP contribution in [-0.2, 0) is 33.6 Å². The fourth-order valence-corrected chi connectivity index (χ4v) is 5.74. The number of aryl methyl sites for hydroxylation is 1. The van der Waals surface area contributed by atoms with E-state index >= 15 is 0 Å². The van der Waals surface area contributed by atoms with Crippen molar-refractivity contribution in [1.82, 2.24) is 5.32 Å². The molecule has 2 aromatic carbocycles. The van der Waals surface area contributed by atoms with Gasteiger partial charge >= 0.3 is 14.4 Å². The fraction of sp³-hybridized carbons (Fsp3) is 0.571. The molecule has 1 atom stereocenters. The van der Waals surface area contributed by atoms with Gasteiger partial charge in [-0.05, 0) is 85.4 Å². The standard InChI is InChI=1S/C28H36F4NO3P/c29-25-13-11-24(12-14-25)27(16-5-2-6-17-27)15-4-1-3-8-23-10-9-22(20-26(23)28(30,31)32)21-33-18-7-19-36-37(34)35/h9-14,20,33H,1-8,15-19,21H2/p+1. The third-order valence-electron chi connectivity index (χ3n) is 7.38. The summed E-state index contributed by atoms with van der Waals surface area (Å²) in [6.45, 7) is 0.849. The van der Waals surface area contributed by atoms with Gasteiger partial charge in [-0.2, -0.15) is 13.2 Å². The maximum absolute atomic E-state index is 13.8. The Bertz CT molecular complexity index is 992. The van der Waals surface area contributed by atoms with E-state index in [-0.39, 0.29) is 24.4 Å². The van der Waals surface area contributed by atoms with Crippen molar-refractivity contribution in [1.29, 1.82) is 0 Å². The highest BCUT2D eigenvalue weighted by Crippen LogP contribution is 2.43. The van der Waals surface area contributed by atoms with Crippen LogP contribution >= 0.6 is 8.25 Å². The summed E-state index contributed by atoms with van der Waals surface area (Å²) in [5.74, 6) is -0.233. The monoisotopic (exact) mass is 542 g/mol. The molecule has 0 spiro atoms. The molecule has 4 nitrogen and oxygen atoms in total. The third-order valence-corrected chi connectivity index (χ3v) is 7.78. The number of benzene rings is 2. The molecule has 2 aromatic rings. The van der Waals surface area contributed by atoms with E-state index in [1.165, 1.54) is 30.2 Å². The molecule has 0 amide bonds. The second-order valence-electron chi connectivity index (χ2n) is 10.00. The lowest BCUT2D eigenvalue weighted by atomic mass is 9.66. The summed E-state index contributed by atoms with van der Waals surface area (Å²) < 4.78 is 69.8. The predicted molar refractivity (Wildman–Crippen MR) is 137 cm³/mol. The van der Waals surface area contributed by atoms with Gasteiger partial charge in [0.1, 0.15) is 12.4 Å². The minimum Gasteiger partial charge on any atom is -0.313 e. The number of alkyl halides is 3. The molecule has 204 valence electrons. The van der Waals surface area contributed by atoms with Gasteiger partial charge in [0, 0.05) is 11.1 Å². The minimum absolute atomic E-state index is 0.0551. The zero-order valence-corrected chi connectivity index (χ0v) is 22.1. The molecule has 0 heterocycles. The zero-order chi connectivity index (χ0) is 26.7. The summed E-state index contributed by atoms with van der Waals surface area (Å²) in [6.07, 6.45) is 5.60. The molecule has 0 aromatic heterocycles. The molecular weight excluding hydrogens is 505 g/mol. The van der Waals surface area contributed by atoms with Gasteiger partial charge in [-0.15, -0.1) is 9.42 Å². The van der Waals surface area contributed by atoms with Gasteiger partial charge < -0.3 is 5.32 Å². The fourth-order valence-electron chi connectivity index (χ4n) is 5.46. The predicted octanol–water partition coefficient (Wildman–Crippen LogP) is 8.00. The lowest BCUT2D eigenvalue weighted by molar-refractivity contribution is -0.138. The van der Waals surface area contributed by atoms with Crippen LogP contribution in [0.1, 0.15) is 86.5 Å². The Balaban J connectivity index is 1.51. The Labute approximate surface area is 217 Å². The van der Waals surface area contributed by atoms with Crippen LogP contribution in [0.25, 0.3) is 0 Å². The minimum atomic E-state index is -4.42. The van der Waals surface area contributed by atoms with Crippen molar-refractivity contribution in [2.75, 3.05) is 13.2 Å². The molecule has 2 N–H and O–H groups in total. The average molecular weight is 543 g/mol. The van der Waals surface area contributed by atoms with E-state index in [2.05, 4.69) is 9.84 Å². The van der Waals surface area contributed by atoms with E-state index in [1.807, 2.05) is 12.1 Å². The molecule has 0 saturated heterocycles. The number of hydrogen-bond acceptors (Lipinski definition) is 3. The molecule has 1 saturated carbocycles. The van der Waals surface area contributed by atoms with E-state index < -0.39 is 20.0 Å². The van der Waals surface area contributed by atoms with E-state index in [0.717, 1.165) is 44.9 Å². The highest BCUT2D eigenvalue weighted by molar-refractivity contribution is 7.32. The number of halogens is 4.